The number of hydrogen-bond donors (Lipinski definition) is 1. The van der Waals surface area contributed by atoms with Gasteiger partial charge in [-0.2, -0.15) is 9.57 Å². The molecule has 3 aromatic carbocycles. The highest BCUT2D eigenvalue weighted by Gasteiger charge is 2.24. The molecule has 1 N–H and O–H groups in total. The molecule has 0 bridgehead atoms. The van der Waals surface area contributed by atoms with Crippen molar-refractivity contribution in [3.05, 3.63) is 95.6 Å². The van der Waals surface area contributed by atoms with Gasteiger partial charge in [0, 0.05) is 31.9 Å². The Balaban J connectivity index is 1.57. The molecule has 0 radical (unpaired) electrons. The van der Waals surface area contributed by atoms with Crippen LogP contribution in [0.2, 0.25) is 0 Å². The summed E-state index contributed by atoms with van der Waals surface area (Å²) < 4.78 is 27.7. The van der Waals surface area contributed by atoms with E-state index in [0.717, 1.165) is 42.7 Å². The maximum atomic E-state index is 13.2. The van der Waals surface area contributed by atoms with E-state index in [-0.39, 0.29) is 4.90 Å². The second kappa shape index (κ2) is 10.8. The largest absolute Gasteiger partial charge is 0.364 e. The van der Waals surface area contributed by atoms with E-state index in [1.54, 1.807) is 19.2 Å². The second-order valence-corrected chi connectivity index (χ2v) is 10.7. The molecule has 176 valence electrons. The van der Waals surface area contributed by atoms with E-state index in [2.05, 4.69) is 16.3 Å². The average molecular weight is 475 g/mol. The summed E-state index contributed by atoms with van der Waals surface area (Å²) in [5.74, 6) is 0. The molecule has 0 aliphatic carbocycles. The molecule has 1 fully saturated rings. The van der Waals surface area contributed by atoms with Gasteiger partial charge in [0.2, 0.25) is 10.0 Å². The third-order valence-electron chi connectivity index (χ3n) is 6.28. The first-order valence-corrected chi connectivity index (χ1v) is 13.0. The van der Waals surface area contributed by atoms with Crippen molar-refractivity contribution < 1.29 is 8.42 Å². The molecule has 1 heterocycles. The number of anilines is 1. The van der Waals surface area contributed by atoms with Crippen molar-refractivity contribution in [1.82, 2.24) is 9.62 Å². The first-order chi connectivity index (χ1) is 16.5. The molecule has 1 aliphatic rings. The topological polar surface area (TPSA) is 76.4 Å². The van der Waals surface area contributed by atoms with Crippen molar-refractivity contribution in [3.8, 4) is 6.07 Å². The van der Waals surface area contributed by atoms with Crippen LogP contribution in [0.25, 0.3) is 0 Å². The molecule has 34 heavy (non-hydrogen) atoms. The van der Waals surface area contributed by atoms with Crippen molar-refractivity contribution >= 4 is 15.7 Å². The Morgan fingerprint density at radius 3 is 2.26 bits per heavy atom. The van der Waals surface area contributed by atoms with E-state index in [0.29, 0.717) is 24.7 Å². The van der Waals surface area contributed by atoms with Gasteiger partial charge in [-0.3, -0.25) is 0 Å². The number of rotatable bonds is 8. The van der Waals surface area contributed by atoms with Gasteiger partial charge < -0.3 is 10.2 Å². The van der Waals surface area contributed by atoms with Crippen LogP contribution in [-0.4, -0.2) is 38.9 Å². The van der Waals surface area contributed by atoms with E-state index < -0.39 is 10.0 Å². The highest BCUT2D eigenvalue weighted by Crippen LogP contribution is 2.27. The van der Waals surface area contributed by atoms with Crippen molar-refractivity contribution in [2.75, 3.05) is 25.0 Å². The number of nitrogens with one attached hydrogen (secondary N) is 1. The van der Waals surface area contributed by atoms with Crippen LogP contribution >= 0.6 is 0 Å². The summed E-state index contributed by atoms with van der Waals surface area (Å²) in [4.78, 5) is 2.62. The van der Waals surface area contributed by atoms with Gasteiger partial charge in [-0.1, -0.05) is 42.5 Å². The molecule has 0 unspecified atom stereocenters. The number of sulfonamides is 1. The Hall–Kier alpha value is -3.18. The number of nitriles is 1. The fourth-order valence-corrected chi connectivity index (χ4v) is 5.56. The summed E-state index contributed by atoms with van der Waals surface area (Å²) in [7, 11) is -1.99. The third kappa shape index (κ3) is 5.65. The summed E-state index contributed by atoms with van der Waals surface area (Å²) >= 11 is 0. The molecule has 1 aliphatic heterocycles. The van der Waals surface area contributed by atoms with Crippen molar-refractivity contribution in [2.45, 2.75) is 36.9 Å². The Kier molecular flexibility index (Phi) is 7.63. The molecule has 3 aromatic rings. The molecule has 0 amide bonds. The lowest BCUT2D eigenvalue weighted by Crippen LogP contribution is -2.43. The predicted molar refractivity (Wildman–Crippen MR) is 135 cm³/mol. The summed E-state index contributed by atoms with van der Waals surface area (Å²) in [6.45, 7) is 2.90. The fraction of sp³-hybridized carbons (Fsp3) is 0.296. The Bertz CT molecular complexity index is 1230. The number of nitrogens with zero attached hydrogens (tertiary/aromatic N) is 3. The molecule has 0 spiro atoms. The highest BCUT2D eigenvalue weighted by molar-refractivity contribution is 7.89. The van der Waals surface area contributed by atoms with E-state index >= 15 is 0 Å². The normalized spacial score (nSPS) is 14.6. The van der Waals surface area contributed by atoms with Crippen LogP contribution in [0.1, 0.15) is 29.5 Å². The number of benzene rings is 3. The second-order valence-electron chi connectivity index (χ2n) is 8.66. The number of hydrogen-bond acceptors (Lipinski definition) is 5. The zero-order chi connectivity index (χ0) is 24.0. The van der Waals surface area contributed by atoms with Gasteiger partial charge in [0.15, 0.2) is 0 Å². The third-order valence-corrected chi connectivity index (χ3v) is 8.10. The Labute approximate surface area is 202 Å². The van der Waals surface area contributed by atoms with Crippen LogP contribution in [0, 0.1) is 11.3 Å². The van der Waals surface area contributed by atoms with Gasteiger partial charge in [0.1, 0.15) is 0 Å². The lowest BCUT2D eigenvalue weighted by molar-refractivity contribution is 0.428. The average Bonchev–Trinajstić information content (AvgIpc) is 2.88. The van der Waals surface area contributed by atoms with Crippen LogP contribution in [0.15, 0.2) is 83.8 Å². The standard InChI is InChI=1S/C27H30N4O2S/c1-30(20-22-6-3-2-4-7-22)34(32,33)27-12-10-25(11-13-27)31(26-14-16-29-17-15-26)21-24-9-5-8-23(18-24)19-28/h2-13,18,26,29H,14-17,20-21H2,1H3. The lowest BCUT2D eigenvalue weighted by Gasteiger charge is -2.36. The van der Waals surface area contributed by atoms with Crippen molar-refractivity contribution in [2.24, 2.45) is 0 Å². The zero-order valence-electron chi connectivity index (χ0n) is 19.4. The van der Waals surface area contributed by atoms with Crippen LogP contribution in [0.4, 0.5) is 5.69 Å². The molecule has 1 saturated heterocycles. The molecule has 0 atom stereocenters. The van der Waals surface area contributed by atoms with Crippen LogP contribution in [-0.2, 0) is 23.1 Å². The summed E-state index contributed by atoms with van der Waals surface area (Å²) in [5.41, 5.74) is 3.64. The van der Waals surface area contributed by atoms with Gasteiger partial charge in [-0.15, -0.1) is 0 Å². The minimum absolute atomic E-state index is 0.284. The minimum atomic E-state index is -3.60. The van der Waals surface area contributed by atoms with Gasteiger partial charge in [0.25, 0.3) is 0 Å². The first-order valence-electron chi connectivity index (χ1n) is 11.5. The van der Waals surface area contributed by atoms with E-state index in [1.807, 2.05) is 66.7 Å². The zero-order valence-corrected chi connectivity index (χ0v) is 20.2. The van der Waals surface area contributed by atoms with E-state index in [9.17, 15) is 13.7 Å². The lowest BCUT2D eigenvalue weighted by atomic mass is 10.0. The molecule has 4 rings (SSSR count). The minimum Gasteiger partial charge on any atom is -0.364 e. The maximum Gasteiger partial charge on any atom is 0.243 e. The smallest absolute Gasteiger partial charge is 0.243 e. The molecule has 0 aromatic heterocycles. The van der Waals surface area contributed by atoms with Gasteiger partial charge in [-0.05, 0) is 73.5 Å². The van der Waals surface area contributed by atoms with Crippen molar-refractivity contribution in [3.63, 3.8) is 0 Å². The van der Waals surface area contributed by atoms with E-state index in [4.69, 9.17) is 0 Å². The predicted octanol–water partition coefficient (Wildman–Crippen LogP) is 4.14. The maximum absolute atomic E-state index is 13.2. The highest BCUT2D eigenvalue weighted by atomic mass is 32.2. The number of piperidine rings is 1. The van der Waals surface area contributed by atoms with E-state index in [1.165, 1.54) is 4.31 Å². The van der Waals surface area contributed by atoms with Crippen LogP contribution in [0.5, 0.6) is 0 Å². The quantitative estimate of drug-likeness (QED) is 0.531. The molecular weight excluding hydrogens is 444 g/mol. The molecule has 7 heteroatoms. The van der Waals surface area contributed by atoms with Gasteiger partial charge in [-0.25, -0.2) is 8.42 Å². The Morgan fingerprint density at radius 2 is 1.59 bits per heavy atom. The van der Waals surface area contributed by atoms with Gasteiger partial charge in [0.05, 0.1) is 16.5 Å². The van der Waals surface area contributed by atoms with Crippen molar-refractivity contribution in [1.29, 1.82) is 5.26 Å². The Morgan fingerprint density at radius 1 is 0.912 bits per heavy atom. The van der Waals surface area contributed by atoms with Crippen LogP contribution < -0.4 is 10.2 Å². The fourth-order valence-electron chi connectivity index (χ4n) is 4.40. The molecule has 6 nitrogen and oxygen atoms in total. The molecular formula is C27H30N4O2S. The summed E-state index contributed by atoms with van der Waals surface area (Å²) in [6.07, 6.45) is 2.02. The van der Waals surface area contributed by atoms with Gasteiger partial charge >= 0.3 is 0 Å². The first kappa shape index (κ1) is 24.0. The molecule has 0 saturated carbocycles. The monoisotopic (exact) mass is 474 g/mol. The summed E-state index contributed by atoms with van der Waals surface area (Å²) in [6, 6.07) is 27.0. The SMILES string of the molecule is CN(Cc1ccccc1)S(=O)(=O)c1ccc(N(Cc2cccc(C#N)c2)C2CCNCC2)cc1. The van der Waals surface area contributed by atoms with Crippen LogP contribution in [0.3, 0.4) is 0 Å². The summed E-state index contributed by atoms with van der Waals surface area (Å²) in [5, 5.41) is 12.7.